The molecule has 32 heavy (non-hydrogen) atoms. The standard InChI is InChI=1S/C17H26ClNO13/c1-6(2)14(24,25)15(26,19(16(27,28)29)17(30,31)32)13(4-3-5-13)7-9(20)11(22)8(18)12(23)10(7)21/h6,20-32H,3-5H2,1-2H3. The van der Waals surface area contributed by atoms with Crippen molar-refractivity contribution in [2.45, 2.75) is 62.2 Å². The van der Waals surface area contributed by atoms with E-state index < -0.39 is 86.4 Å². The van der Waals surface area contributed by atoms with E-state index in [1.54, 1.807) is 0 Å². The van der Waals surface area contributed by atoms with Crippen LogP contribution in [0.2, 0.25) is 5.02 Å². The zero-order chi connectivity index (χ0) is 25.2. The monoisotopic (exact) mass is 487 g/mol. The van der Waals surface area contributed by atoms with Crippen molar-refractivity contribution in [3.8, 4) is 23.0 Å². The van der Waals surface area contributed by atoms with Crippen molar-refractivity contribution < 1.29 is 66.4 Å². The van der Waals surface area contributed by atoms with Gasteiger partial charge in [0.2, 0.25) is 5.79 Å². The van der Waals surface area contributed by atoms with Gasteiger partial charge in [0.1, 0.15) is 5.02 Å². The summed E-state index contributed by atoms with van der Waals surface area (Å²) in [6.07, 6.45) is -10.2. The summed E-state index contributed by atoms with van der Waals surface area (Å²) in [5.41, 5.74) is -7.66. The Balaban J connectivity index is 3.10. The second-order valence-corrected chi connectivity index (χ2v) is 8.49. The number of rotatable bonds is 7. The molecule has 1 unspecified atom stereocenters. The van der Waals surface area contributed by atoms with Crippen molar-refractivity contribution in [2.24, 2.45) is 5.92 Å². The van der Waals surface area contributed by atoms with Crippen LogP contribution in [0.15, 0.2) is 0 Å². The first kappa shape index (κ1) is 26.6. The largest absolute Gasteiger partial charge is 0.504 e. The molecule has 1 aromatic carbocycles. The van der Waals surface area contributed by atoms with Gasteiger partial charge in [0.15, 0.2) is 28.7 Å². The van der Waals surface area contributed by atoms with Gasteiger partial charge in [-0.3, -0.25) is 0 Å². The van der Waals surface area contributed by atoms with E-state index in [-0.39, 0.29) is 6.42 Å². The van der Waals surface area contributed by atoms with Crippen LogP contribution >= 0.6 is 11.6 Å². The number of phenols is 4. The molecular formula is C17H26ClNO13. The lowest BCUT2D eigenvalue weighted by molar-refractivity contribution is -0.575. The molecule has 0 bridgehead atoms. The average molecular weight is 488 g/mol. The van der Waals surface area contributed by atoms with Gasteiger partial charge >= 0.3 is 12.2 Å². The molecule has 0 aliphatic heterocycles. The molecule has 2 rings (SSSR count). The molecule has 1 aromatic rings. The maximum Gasteiger partial charge on any atom is 0.354 e. The fourth-order valence-electron chi connectivity index (χ4n) is 4.19. The highest BCUT2D eigenvalue weighted by atomic mass is 35.5. The lowest BCUT2D eigenvalue weighted by Crippen LogP contribution is -2.84. The third-order valence-corrected chi connectivity index (χ3v) is 6.29. The molecule has 0 amide bonds. The molecule has 0 radical (unpaired) electrons. The second-order valence-electron chi connectivity index (χ2n) is 8.11. The molecule has 14 nitrogen and oxygen atoms in total. The molecule has 0 heterocycles. The Kier molecular flexibility index (Phi) is 6.37. The van der Waals surface area contributed by atoms with Crippen LogP contribution in [-0.2, 0) is 5.41 Å². The zero-order valence-electron chi connectivity index (χ0n) is 16.8. The third-order valence-electron chi connectivity index (χ3n) is 5.93. The zero-order valence-corrected chi connectivity index (χ0v) is 17.6. The molecule has 0 spiro atoms. The molecule has 13 N–H and O–H groups in total. The minimum atomic E-state index is -4.58. The Hall–Kier alpha value is -1.69. The number of nitrogens with zero attached hydrogens (tertiary/aromatic N) is 1. The van der Waals surface area contributed by atoms with Crippen molar-refractivity contribution in [1.29, 1.82) is 0 Å². The van der Waals surface area contributed by atoms with Crippen molar-refractivity contribution in [3.63, 3.8) is 0 Å². The molecule has 1 aliphatic carbocycles. The summed E-state index contributed by atoms with van der Waals surface area (Å²) in [6, 6.07) is 0. The van der Waals surface area contributed by atoms with Crippen molar-refractivity contribution in [3.05, 3.63) is 10.6 Å². The number of halogens is 1. The Labute approximate surface area is 185 Å². The SMILES string of the molecule is CC(C)C(O)(O)C(O)(N(C(O)(O)O)C(O)(O)O)C1(c2c(O)c(O)c(Cl)c(O)c2O)CCC1. The Morgan fingerprint density at radius 3 is 1.38 bits per heavy atom. The number of aliphatic hydroxyl groups is 9. The van der Waals surface area contributed by atoms with Gasteiger partial charge in [-0.25, -0.2) is 0 Å². The predicted molar refractivity (Wildman–Crippen MR) is 101 cm³/mol. The quantitative estimate of drug-likeness (QED) is 0.104. The van der Waals surface area contributed by atoms with E-state index in [2.05, 4.69) is 0 Å². The predicted octanol–water partition coefficient (Wildman–Crippen LogP) is -2.91. The molecule has 15 heteroatoms. The van der Waals surface area contributed by atoms with Gasteiger partial charge < -0.3 is 66.4 Å². The van der Waals surface area contributed by atoms with Crippen LogP contribution in [0.5, 0.6) is 23.0 Å². The van der Waals surface area contributed by atoms with Crippen molar-refractivity contribution in [2.75, 3.05) is 0 Å². The first-order chi connectivity index (χ1) is 14.2. The van der Waals surface area contributed by atoms with E-state index in [0.29, 0.717) is 0 Å². The lowest BCUT2D eigenvalue weighted by Gasteiger charge is -2.63. The van der Waals surface area contributed by atoms with Crippen LogP contribution in [0, 0.1) is 5.92 Å². The first-order valence-corrected chi connectivity index (χ1v) is 9.55. The molecule has 1 saturated carbocycles. The Bertz CT molecular complexity index is 845. The fourth-order valence-corrected chi connectivity index (χ4v) is 4.37. The van der Waals surface area contributed by atoms with Crippen LogP contribution in [0.4, 0.5) is 0 Å². The van der Waals surface area contributed by atoms with Crippen LogP contribution in [0.3, 0.4) is 0 Å². The summed E-state index contributed by atoms with van der Waals surface area (Å²) >= 11 is 5.60. The first-order valence-electron chi connectivity index (χ1n) is 9.17. The summed E-state index contributed by atoms with van der Waals surface area (Å²) in [4.78, 5) is -1.10. The molecule has 1 aliphatic rings. The molecule has 184 valence electrons. The molecule has 0 aromatic heterocycles. The highest BCUT2D eigenvalue weighted by molar-refractivity contribution is 6.34. The van der Waals surface area contributed by atoms with Crippen LogP contribution in [0.25, 0.3) is 0 Å². The third kappa shape index (κ3) is 3.44. The normalized spacial score (nSPS) is 19.2. The molecular weight excluding hydrogens is 462 g/mol. The average Bonchev–Trinajstić information content (AvgIpc) is 2.57. The summed E-state index contributed by atoms with van der Waals surface area (Å²) in [6.45, 7) is 2.10. The second kappa shape index (κ2) is 7.68. The number of hydrogen-bond acceptors (Lipinski definition) is 14. The molecule has 1 fully saturated rings. The number of benzene rings is 1. The number of phenolic OH excluding ortho intramolecular Hbond substituents is 4. The maximum atomic E-state index is 11.6. The minimum Gasteiger partial charge on any atom is -0.504 e. The smallest absolute Gasteiger partial charge is 0.354 e. The van der Waals surface area contributed by atoms with Gasteiger partial charge in [-0.05, 0) is 12.8 Å². The van der Waals surface area contributed by atoms with E-state index >= 15 is 0 Å². The van der Waals surface area contributed by atoms with Gasteiger partial charge in [0.25, 0.3) is 0 Å². The van der Waals surface area contributed by atoms with Gasteiger partial charge in [-0.1, -0.05) is 31.9 Å². The Morgan fingerprint density at radius 1 is 0.750 bits per heavy atom. The van der Waals surface area contributed by atoms with E-state index in [9.17, 15) is 66.4 Å². The number of hydrogen-bond donors (Lipinski definition) is 13. The van der Waals surface area contributed by atoms with E-state index in [1.807, 2.05) is 0 Å². The Morgan fingerprint density at radius 2 is 1.12 bits per heavy atom. The van der Waals surface area contributed by atoms with Crippen LogP contribution < -0.4 is 0 Å². The van der Waals surface area contributed by atoms with E-state index in [4.69, 9.17) is 11.6 Å². The van der Waals surface area contributed by atoms with Gasteiger partial charge in [0, 0.05) is 5.92 Å². The van der Waals surface area contributed by atoms with Crippen LogP contribution in [-0.4, -0.2) is 95.0 Å². The summed E-state index contributed by atoms with van der Waals surface area (Å²) in [7, 11) is 0. The summed E-state index contributed by atoms with van der Waals surface area (Å²) < 4.78 is 0. The maximum absolute atomic E-state index is 11.6. The lowest BCUT2D eigenvalue weighted by atomic mass is 9.54. The van der Waals surface area contributed by atoms with Crippen molar-refractivity contribution in [1.82, 2.24) is 4.90 Å². The van der Waals surface area contributed by atoms with Gasteiger partial charge in [-0.15, -0.1) is 4.90 Å². The fraction of sp³-hybridized carbons (Fsp3) is 0.647. The number of aromatic hydroxyl groups is 4. The van der Waals surface area contributed by atoms with Gasteiger partial charge in [-0.2, -0.15) is 0 Å². The topological polar surface area (TPSA) is 266 Å². The summed E-state index contributed by atoms with van der Waals surface area (Å²) in [5.74, 6) is -10.4. The highest BCUT2D eigenvalue weighted by Gasteiger charge is 2.76. The van der Waals surface area contributed by atoms with E-state index in [0.717, 1.165) is 13.8 Å². The highest BCUT2D eigenvalue weighted by Crippen LogP contribution is 2.65. The van der Waals surface area contributed by atoms with E-state index in [1.165, 1.54) is 0 Å². The van der Waals surface area contributed by atoms with Crippen molar-refractivity contribution >= 4 is 11.6 Å². The minimum absolute atomic E-state index is 0.0396. The molecule has 0 saturated heterocycles. The van der Waals surface area contributed by atoms with Gasteiger partial charge in [0.05, 0.1) is 11.0 Å². The van der Waals surface area contributed by atoms with Crippen LogP contribution in [0.1, 0.15) is 38.7 Å². The molecule has 1 atom stereocenters. The summed E-state index contributed by atoms with van der Waals surface area (Å²) in [5, 5.41) is 132.